The molecular weight excluding hydrogens is 186 g/mol. The van der Waals surface area contributed by atoms with E-state index in [1.807, 2.05) is 0 Å². The van der Waals surface area contributed by atoms with Crippen LogP contribution in [0, 0.1) is 5.92 Å². The molecule has 0 aliphatic carbocycles. The van der Waals surface area contributed by atoms with Gasteiger partial charge in [-0.25, -0.2) is 0 Å². The van der Waals surface area contributed by atoms with E-state index in [1.165, 1.54) is 12.8 Å². The van der Waals surface area contributed by atoms with Crippen molar-refractivity contribution in [2.45, 2.75) is 59.4 Å². The lowest BCUT2D eigenvalue weighted by molar-refractivity contribution is 0.118. The minimum Gasteiger partial charge on any atom is -0.381 e. The summed E-state index contributed by atoms with van der Waals surface area (Å²) >= 11 is 0. The Morgan fingerprint density at radius 3 is 2.40 bits per heavy atom. The molecule has 2 nitrogen and oxygen atoms in total. The van der Waals surface area contributed by atoms with E-state index in [0.29, 0.717) is 5.92 Å². The summed E-state index contributed by atoms with van der Waals surface area (Å²) in [4.78, 5) is 0. The molecule has 0 aromatic heterocycles. The fourth-order valence-corrected chi connectivity index (χ4v) is 1.22. The molecule has 0 saturated heterocycles. The third kappa shape index (κ3) is 11.8. The molecule has 0 bridgehead atoms. The molecule has 15 heavy (non-hydrogen) atoms. The molecule has 0 aromatic carbocycles. The van der Waals surface area contributed by atoms with E-state index < -0.39 is 0 Å². The van der Waals surface area contributed by atoms with Gasteiger partial charge in [0.2, 0.25) is 0 Å². The van der Waals surface area contributed by atoms with Crippen LogP contribution in [0.2, 0.25) is 0 Å². The lowest BCUT2D eigenvalue weighted by Gasteiger charge is -2.23. The van der Waals surface area contributed by atoms with Crippen LogP contribution in [-0.4, -0.2) is 25.3 Å². The summed E-state index contributed by atoms with van der Waals surface area (Å²) < 4.78 is 5.55. The third-order valence-corrected chi connectivity index (χ3v) is 2.38. The van der Waals surface area contributed by atoms with E-state index >= 15 is 0 Å². The summed E-state index contributed by atoms with van der Waals surface area (Å²) in [5.74, 6) is 0.700. The Morgan fingerprint density at radius 2 is 1.87 bits per heavy atom. The van der Waals surface area contributed by atoms with Crippen molar-refractivity contribution in [2.24, 2.45) is 5.92 Å². The minimum atomic E-state index is 0.233. The largest absolute Gasteiger partial charge is 0.381 e. The average molecular weight is 215 g/mol. The third-order valence-electron chi connectivity index (χ3n) is 2.38. The summed E-state index contributed by atoms with van der Waals surface area (Å²) in [6.45, 7) is 14.0. The van der Waals surface area contributed by atoms with Crippen molar-refractivity contribution in [1.29, 1.82) is 0 Å². The first-order chi connectivity index (χ1) is 6.95. The maximum absolute atomic E-state index is 5.55. The molecular formula is C13H29NO. The standard InChI is InChI=1S/C13H29NO/c1-6-7-9-15-10-8-12(2)11-14-13(3,4)5/h12,14H,6-11H2,1-5H3. The summed E-state index contributed by atoms with van der Waals surface area (Å²) in [6, 6.07) is 0. The topological polar surface area (TPSA) is 21.3 Å². The van der Waals surface area contributed by atoms with Gasteiger partial charge < -0.3 is 10.1 Å². The van der Waals surface area contributed by atoms with Gasteiger partial charge in [-0.05, 0) is 46.1 Å². The van der Waals surface area contributed by atoms with Crippen molar-refractivity contribution in [1.82, 2.24) is 5.32 Å². The maximum atomic E-state index is 5.55. The smallest absolute Gasteiger partial charge is 0.0469 e. The Hall–Kier alpha value is -0.0800. The van der Waals surface area contributed by atoms with Gasteiger partial charge >= 0.3 is 0 Å². The lowest BCUT2D eigenvalue weighted by atomic mass is 10.0. The molecule has 0 aliphatic rings. The van der Waals surface area contributed by atoms with E-state index in [4.69, 9.17) is 4.74 Å². The van der Waals surface area contributed by atoms with Crippen LogP contribution in [0.25, 0.3) is 0 Å². The quantitative estimate of drug-likeness (QED) is 0.628. The molecule has 0 saturated carbocycles. The van der Waals surface area contributed by atoms with Gasteiger partial charge in [0.1, 0.15) is 0 Å². The number of hydrogen-bond donors (Lipinski definition) is 1. The number of unbranched alkanes of at least 4 members (excludes halogenated alkanes) is 1. The highest BCUT2D eigenvalue weighted by molar-refractivity contribution is 4.71. The van der Waals surface area contributed by atoms with Gasteiger partial charge in [0.05, 0.1) is 0 Å². The highest BCUT2D eigenvalue weighted by Gasteiger charge is 2.10. The number of rotatable bonds is 8. The Labute approximate surface area is 95.8 Å². The van der Waals surface area contributed by atoms with Crippen molar-refractivity contribution < 1.29 is 4.74 Å². The second-order valence-electron chi connectivity index (χ2n) is 5.49. The van der Waals surface area contributed by atoms with Gasteiger partial charge in [-0.2, -0.15) is 0 Å². The Kier molecular flexibility index (Phi) is 8.07. The first kappa shape index (κ1) is 14.9. The van der Waals surface area contributed by atoms with Crippen LogP contribution in [0.4, 0.5) is 0 Å². The fourth-order valence-electron chi connectivity index (χ4n) is 1.22. The minimum absolute atomic E-state index is 0.233. The average Bonchev–Trinajstić information content (AvgIpc) is 2.13. The number of nitrogens with one attached hydrogen (secondary N) is 1. The lowest BCUT2D eigenvalue weighted by Crippen LogP contribution is -2.38. The maximum Gasteiger partial charge on any atom is 0.0469 e. The van der Waals surface area contributed by atoms with Crippen molar-refractivity contribution in [3.05, 3.63) is 0 Å². The molecule has 92 valence electrons. The van der Waals surface area contributed by atoms with E-state index in [-0.39, 0.29) is 5.54 Å². The first-order valence-electron chi connectivity index (χ1n) is 6.28. The molecule has 1 unspecified atom stereocenters. The highest BCUT2D eigenvalue weighted by atomic mass is 16.5. The molecule has 0 aromatic rings. The molecule has 1 atom stereocenters. The monoisotopic (exact) mass is 215 g/mol. The Balaban J connectivity index is 3.30. The summed E-state index contributed by atoms with van der Waals surface area (Å²) in [6.07, 6.45) is 3.57. The summed E-state index contributed by atoms with van der Waals surface area (Å²) in [5, 5.41) is 3.52. The van der Waals surface area contributed by atoms with E-state index in [9.17, 15) is 0 Å². The normalized spacial score (nSPS) is 14.2. The van der Waals surface area contributed by atoms with Gasteiger partial charge in [0.25, 0.3) is 0 Å². The van der Waals surface area contributed by atoms with Crippen LogP contribution >= 0.6 is 0 Å². The predicted molar refractivity (Wildman–Crippen MR) is 67.3 cm³/mol. The zero-order chi connectivity index (χ0) is 11.7. The van der Waals surface area contributed by atoms with Gasteiger partial charge in [-0.3, -0.25) is 0 Å². The van der Waals surface area contributed by atoms with Gasteiger partial charge in [-0.15, -0.1) is 0 Å². The summed E-state index contributed by atoms with van der Waals surface area (Å²) in [7, 11) is 0. The van der Waals surface area contributed by atoms with Gasteiger partial charge in [0.15, 0.2) is 0 Å². The molecule has 0 amide bonds. The van der Waals surface area contributed by atoms with Gasteiger partial charge in [-0.1, -0.05) is 20.3 Å². The van der Waals surface area contributed by atoms with Crippen LogP contribution in [0.3, 0.4) is 0 Å². The molecule has 0 heterocycles. The van der Waals surface area contributed by atoms with Crippen LogP contribution in [0.1, 0.15) is 53.9 Å². The van der Waals surface area contributed by atoms with Crippen LogP contribution in [0.15, 0.2) is 0 Å². The Morgan fingerprint density at radius 1 is 1.20 bits per heavy atom. The zero-order valence-electron chi connectivity index (χ0n) is 11.2. The van der Waals surface area contributed by atoms with Gasteiger partial charge in [0, 0.05) is 18.8 Å². The van der Waals surface area contributed by atoms with E-state index in [0.717, 1.165) is 26.2 Å². The number of hydrogen-bond acceptors (Lipinski definition) is 2. The molecule has 2 heteroatoms. The molecule has 0 radical (unpaired) electrons. The van der Waals surface area contributed by atoms with Crippen molar-refractivity contribution in [3.63, 3.8) is 0 Å². The van der Waals surface area contributed by atoms with Crippen LogP contribution < -0.4 is 5.32 Å². The molecule has 0 aliphatic heterocycles. The predicted octanol–water partition coefficient (Wildman–Crippen LogP) is 3.22. The SMILES string of the molecule is CCCCOCCC(C)CNC(C)(C)C. The fraction of sp³-hybridized carbons (Fsp3) is 1.00. The molecule has 0 fully saturated rings. The molecule has 0 rings (SSSR count). The first-order valence-corrected chi connectivity index (χ1v) is 6.28. The molecule has 0 spiro atoms. The Bertz CT molecular complexity index is 140. The highest BCUT2D eigenvalue weighted by Crippen LogP contribution is 2.05. The van der Waals surface area contributed by atoms with E-state index in [1.54, 1.807) is 0 Å². The second-order valence-corrected chi connectivity index (χ2v) is 5.49. The zero-order valence-corrected chi connectivity index (χ0v) is 11.2. The van der Waals surface area contributed by atoms with E-state index in [2.05, 4.69) is 39.9 Å². The van der Waals surface area contributed by atoms with Crippen molar-refractivity contribution in [3.8, 4) is 0 Å². The summed E-state index contributed by atoms with van der Waals surface area (Å²) in [5.41, 5.74) is 0.233. The van der Waals surface area contributed by atoms with Crippen LogP contribution in [-0.2, 0) is 4.74 Å². The van der Waals surface area contributed by atoms with Crippen molar-refractivity contribution in [2.75, 3.05) is 19.8 Å². The van der Waals surface area contributed by atoms with Crippen LogP contribution in [0.5, 0.6) is 0 Å². The molecule has 1 N–H and O–H groups in total. The van der Waals surface area contributed by atoms with Crippen molar-refractivity contribution >= 4 is 0 Å². The number of ether oxygens (including phenoxy) is 1. The second kappa shape index (κ2) is 8.12.